The Morgan fingerprint density at radius 2 is 1.33 bits per heavy atom. The highest BCUT2D eigenvalue weighted by atomic mass is 19.4. The van der Waals surface area contributed by atoms with E-state index in [2.05, 4.69) is 9.47 Å². The van der Waals surface area contributed by atoms with E-state index in [-0.39, 0.29) is 0 Å². The highest BCUT2D eigenvalue weighted by Gasteiger charge is 2.79. The van der Waals surface area contributed by atoms with Gasteiger partial charge in [0.15, 0.2) is 5.76 Å². The number of allylic oxidation sites excluding steroid dienone is 1. The molecule has 0 saturated carbocycles. The van der Waals surface area contributed by atoms with Gasteiger partial charge in [0.1, 0.15) is 0 Å². The molecule has 0 N–H and O–H groups in total. The summed E-state index contributed by atoms with van der Waals surface area (Å²) >= 11 is 0. The molecule has 0 radical (unpaired) electrons. The summed E-state index contributed by atoms with van der Waals surface area (Å²) < 4.78 is 91.5. The Labute approximate surface area is 78.3 Å². The highest BCUT2D eigenvalue weighted by Crippen LogP contribution is 2.52. The SMILES string of the molecule is CC1=C(F)OC(C(F)(F)F)(C(F)(F)F)O1. The van der Waals surface area contributed by atoms with Gasteiger partial charge in [-0.2, -0.15) is 30.7 Å². The van der Waals surface area contributed by atoms with Crippen LogP contribution in [0.5, 0.6) is 0 Å². The first-order valence-corrected chi connectivity index (χ1v) is 3.39. The zero-order chi connectivity index (χ0) is 12.1. The van der Waals surface area contributed by atoms with Gasteiger partial charge in [0, 0.05) is 0 Å². The lowest BCUT2D eigenvalue weighted by molar-refractivity contribution is -0.440. The zero-order valence-corrected chi connectivity index (χ0v) is 6.96. The summed E-state index contributed by atoms with van der Waals surface area (Å²) in [5, 5.41) is 0. The molecule has 0 atom stereocenters. The minimum absolute atomic E-state index is 0.592. The average molecular weight is 240 g/mol. The van der Waals surface area contributed by atoms with Crippen LogP contribution in [0.15, 0.2) is 11.8 Å². The van der Waals surface area contributed by atoms with Crippen LogP contribution in [-0.4, -0.2) is 18.1 Å². The maximum atomic E-state index is 12.4. The topological polar surface area (TPSA) is 18.5 Å². The quantitative estimate of drug-likeness (QED) is 0.606. The summed E-state index contributed by atoms with van der Waals surface area (Å²) in [7, 11) is 0. The molecule has 0 aromatic rings. The van der Waals surface area contributed by atoms with E-state index in [4.69, 9.17) is 0 Å². The molecule has 88 valence electrons. The number of rotatable bonds is 0. The van der Waals surface area contributed by atoms with Gasteiger partial charge in [-0.3, -0.25) is 0 Å². The van der Waals surface area contributed by atoms with Crippen molar-refractivity contribution in [2.24, 2.45) is 0 Å². The molecule has 0 bridgehead atoms. The van der Waals surface area contributed by atoms with Crippen LogP contribution < -0.4 is 0 Å². The summed E-state index contributed by atoms with van der Waals surface area (Å²) in [6.45, 7) is 0.592. The van der Waals surface area contributed by atoms with Gasteiger partial charge in [-0.25, -0.2) is 0 Å². The number of halogens is 7. The molecule has 0 fully saturated rings. The first kappa shape index (κ1) is 11.9. The van der Waals surface area contributed by atoms with E-state index in [1.807, 2.05) is 0 Å². The van der Waals surface area contributed by atoms with E-state index in [9.17, 15) is 30.7 Å². The molecule has 0 saturated heterocycles. The molecule has 1 rings (SSSR count). The minimum Gasteiger partial charge on any atom is -0.436 e. The lowest BCUT2D eigenvalue weighted by Crippen LogP contribution is -2.58. The number of hydrogen-bond donors (Lipinski definition) is 0. The molecule has 15 heavy (non-hydrogen) atoms. The Kier molecular flexibility index (Phi) is 2.32. The normalized spacial score (nSPS) is 21.3. The van der Waals surface area contributed by atoms with Crippen LogP contribution >= 0.6 is 0 Å². The molecule has 1 aliphatic heterocycles. The fraction of sp³-hybridized carbons (Fsp3) is 0.667. The second-order valence-corrected chi connectivity index (χ2v) is 2.65. The Hall–Kier alpha value is -1.15. The number of hydrogen-bond acceptors (Lipinski definition) is 2. The van der Waals surface area contributed by atoms with E-state index in [1.165, 1.54) is 0 Å². The van der Waals surface area contributed by atoms with Crippen molar-refractivity contribution in [2.75, 3.05) is 0 Å². The van der Waals surface area contributed by atoms with Gasteiger partial charge in [-0.15, -0.1) is 0 Å². The van der Waals surface area contributed by atoms with Crippen LogP contribution in [0.1, 0.15) is 6.92 Å². The van der Waals surface area contributed by atoms with Gasteiger partial charge in [-0.1, -0.05) is 0 Å². The largest absolute Gasteiger partial charge is 0.478 e. The van der Waals surface area contributed by atoms with Crippen LogP contribution in [-0.2, 0) is 9.47 Å². The third kappa shape index (κ3) is 1.59. The van der Waals surface area contributed by atoms with Crippen LogP contribution in [0.3, 0.4) is 0 Å². The van der Waals surface area contributed by atoms with E-state index < -0.39 is 29.9 Å². The molecule has 0 aromatic carbocycles. The second-order valence-electron chi connectivity index (χ2n) is 2.65. The molecule has 0 aromatic heterocycles. The van der Waals surface area contributed by atoms with Crippen LogP contribution in [0, 0.1) is 0 Å². The first-order valence-electron chi connectivity index (χ1n) is 3.39. The lowest BCUT2D eigenvalue weighted by Gasteiger charge is -2.30. The first-order chi connectivity index (χ1) is 6.51. The maximum absolute atomic E-state index is 12.4. The molecule has 9 heteroatoms. The number of ether oxygens (including phenoxy) is 2. The van der Waals surface area contributed by atoms with Gasteiger partial charge < -0.3 is 9.47 Å². The maximum Gasteiger partial charge on any atom is 0.478 e. The van der Waals surface area contributed by atoms with E-state index in [0.29, 0.717) is 6.92 Å². The second kappa shape index (κ2) is 2.92. The van der Waals surface area contributed by atoms with Gasteiger partial charge >= 0.3 is 24.2 Å². The van der Waals surface area contributed by atoms with Crippen molar-refractivity contribution in [1.29, 1.82) is 0 Å². The van der Waals surface area contributed by atoms with Gasteiger partial charge in [0.25, 0.3) is 0 Å². The van der Waals surface area contributed by atoms with Gasteiger partial charge in [0.05, 0.1) is 0 Å². The molecular formula is C6H3F7O2. The molecule has 1 aliphatic rings. The van der Waals surface area contributed by atoms with Gasteiger partial charge in [-0.05, 0) is 6.92 Å². The van der Waals surface area contributed by atoms with E-state index in [0.717, 1.165) is 0 Å². The highest BCUT2D eigenvalue weighted by molar-refractivity contribution is 5.05. The van der Waals surface area contributed by atoms with E-state index in [1.54, 1.807) is 0 Å². The van der Waals surface area contributed by atoms with Crippen molar-refractivity contribution in [3.63, 3.8) is 0 Å². The smallest absolute Gasteiger partial charge is 0.436 e. The molecule has 2 nitrogen and oxygen atoms in total. The standard InChI is InChI=1S/C6H3F7O2/c1-2-3(7)15-4(14-2,5(8,9)10)6(11,12)13/h1H3. The van der Waals surface area contributed by atoms with Gasteiger partial charge in [0.2, 0.25) is 0 Å². The van der Waals surface area contributed by atoms with Crippen molar-refractivity contribution < 1.29 is 40.2 Å². The average Bonchev–Trinajstić information content (AvgIpc) is 2.26. The Morgan fingerprint density at radius 3 is 1.47 bits per heavy atom. The van der Waals surface area contributed by atoms with E-state index >= 15 is 0 Å². The fourth-order valence-corrected chi connectivity index (χ4v) is 0.867. The molecule has 0 amide bonds. The molecule has 0 spiro atoms. The Balaban J connectivity index is 3.16. The van der Waals surface area contributed by atoms with Crippen LogP contribution in [0.2, 0.25) is 0 Å². The Morgan fingerprint density at radius 1 is 0.933 bits per heavy atom. The van der Waals surface area contributed by atoms with Crippen molar-refractivity contribution >= 4 is 0 Å². The summed E-state index contributed by atoms with van der Waals surface area (Å²) in [5.74, 6) is -6.14. The summed E-state index contributed by atoms with van der Waals surface area (Å²) in [5.41, 5.74) is 0. The predicted molar refractivity (Wildman–Crippen MR) is 30.8 cm³/mol. The van der Waals surface area contributed by atoms with Crippen LogP contribution in [0.25, 0.3) is 0 Å². The number of alkyl halides is 6. The summed E-state index contributed by atoms with van der Waals surface area (Å²) in [6, 6.07) is -2.04. The molecular weight excluding hydrogens is 237 g/mol. The minimum atomic E-state index is -5.93. The fourth-order valence-electron chi connectivity index (χ4n) is 0.867. The Bertz CT molecular complexity index is 270. The lowest BCUT2D eigenvalue weighted by atomic mass is 10.2. The third-order valence-electron chi connectivity index (χ3n) is 1.55. The summed E-state index contributed by atoms with van der Waals surface area (Å²) in [6.07, 6.45) is -11.9. The van der Waals surface area contributed by atoms with Crippen LogP contribution in [0.4, 0.5) is 30.7 Å². The third-order valence-corrected chi connectivity index (χ3v) is 1.55. The van der Waals surface area contributed by atoms with Crippen molar-refractivity contribution in [2.45, 2.75) is 25.1 Å². The van der Waals surface area contributed by atoms with Crippen molar-refractivity contribution in [3.8, 4) is 0 Å². The monoisotopic (exact) mass is 240 g/mol. The molecule has 0 unspecified atom stereocenters. The summed E-state index contributed by atoms with van der Waals surface area (Å²) in [4.78, 5) is 0. The zero-order valence-electron chi connectivity index (χ0n) is 6.96. The molecule has 0 aliphatic carbocycles. The van der Waals surface area contributed by atoms with Crippen molar-refractivity contribution in [1.82, 2.24) is 0 Å². The van der Waals surface area contributed by atoms with Crippen molar-refractivity contribution in [3.05, 3.63) is 11.8 Å². The predicted octanol–water partition coefficient (Wildman–Crippen LogP) is 3.01. The molecule has 1 heterocycles.